The highest BCUT2D eigenvalue weighted by atomic mass is 15.0. The number of nitrogens with zero attached hydrogens (tertiary/aromatic N) is 3. The molecule has 3 aromatic rings. The molecule has 42 heavy (non-hydrogen) atoms. The van der Waals surface area contributed by atoms with Gasteiger partial charge in [-0.1, -0.05) is 107 Å². The molecule has 0 amide bonds. The van der Waals surface area contributed by atoms with Gasteiger partial charge in [0.1, 0.15) is 0 Å². The van der Waals surface area contributed by atoms with E-state index >= 15 is 0 Å². The third kappa shape index (κ3) is 7.68. The zero-order valence-electron chi connectivity index (χ0n) is 28.8. The van der Waals surface area contributed by atoms with Crippen LogP contribution in [-0.2, 0) is 0 Å². The van der Waals surface area contributed by atoms with Gasteiger partial charge in [-0.3, -0.25) is 0 Å². The molecule has 0 spiro atoms. The highest BCUT2D eigenvalue weighted by molar-refractivity contribution is 5.97. The second-order valence-electron chi connectivity index (χ2n) is 13.9. The van der Waals surface area contributed by atoms with E-state index in [1.807, 2.05) is 19.2 Å². The summed E-state index contributed by atoms with van der Waals surface area (Å²) in [7, 11) is 0. The minimum absolute atomic E-state index is 0.0159. The lowest BCUT2D eigenvalue weighted by Gasteiger charge is -2.26. The van der Waals surface area contributed by atoms with Gasteiger partial charge in [0.05, 0.1) is 23.1 Å². The smallest absolute Gasteiger partial charge is 0.173 e. The maximum atomic E-state index is 5.23. The SMILES string of the molecule is CC(=Nc1c(C(C)C)cc(C(C)C)cc1C(C)C)c1nccc(C(C)Nc2c(C(C)C)cc(C(C)C)cc2C(C)C)n1. The van der Waals surface area contributed by atoms with Crippen molar-refractivity contribution < 1.29 is 0 Å². The van der Waals surface area contributed by atoms with Gasteiger partial charge in [-0.25, -0.2) is 15.0 Å². The van der Waals surface area contributed by atoms with Crippen LogP contribution >= 0.6 is 0 Å². The van der Waals surface area contributed by atoms with E-state index in [1.54, 1.807) is 0 Å². The van der Waals surface area contributed by atoms with E-state index in [4.69, 9.17) is 9.98 Å². The predicted molar refractivity (Wildman–Crippen MR) is 183 cm³/mol. The first-order valence-electron chi connectivity index (χ1n) is 16.1. The Morgan fingerprint density at radius 2 is 1.05 bits per heavy atom. The zero-order valence-corrected chi connectivity index (χ0v) is 28.8. The highest BCUT2D eigenvalue weighted by Crippen LogP contribution is 2.39. The molecule has 0 aliphatic rings. The molecule has 2 aromatic carbocycles. The molecule has 1 N–H and O–H groups in total. The van der Waals surface area contributed by atoms with Crippen LogP contribution in [0, 0.1) is 0 Å². The van der Waals surface area contributed by atoms with Gasteiger partial charge >= 0.3 is 0 Å². The Bertz CT molecular complexity index is 1330. The van der Waals surface area contributed by atoms with Crippen molar-refractivity contribution in [2.45, 2.75) is 138 Å². The molecule has 0 aliphatic carbocycles. The van der Waals surface area contributed by atoms with Crippen LogP contribution in [0.1, 0.15) is 183 Å². The van der Waals surface area contributed by atoms with Crippen molar-refractivity contribution >= 4 is 17.1 Å². The Morgan fingerprint density at radius 3 is 1.45 bits per heavy atom. The lowest BCUT2D eigenvalue weighted by molar-refractivity contribution is 0.779. The largest absolute Gasteiger partial charge is 0.376 e. The molecule has 0 fully saturated rings. The third-order valence-corrected chi connectivity index (χ3v) is 8.32. The molecule has 0 aliphatic heterocycles. The number of aromatic nitrogens is 2. The maximum Gasteiger partial charge on any atom is 0.173 e. The minimum Gasteiger partial charge on any atom is -0.376 e. The van der Waals surface area contributed by atoms with Crippen LogP contribution < -0.4 is 5.32 Å². The number of hydrogen-bond acceptors (Lipinski definition) is 4. The number of benzene rings is 2. The van der Waals surface area contributed by atoms with Crippen molar-refractivity contribution in [1.82, 2.24) is 9.97 Å². The molecule has 0 radical (unpaired) electrons. The highest BCUT2D eigenvalue weighted by Gasteiger charge is 2.21. The van der Waals surface area contributed by atoms with Crippen LogP contribution in [0.5, 0.6) is 0 Å². The zero-order chi connectivity index (χ0) is 31.5. The number of hydrogen-bond donors (Lipinski definition) is 1. The molecule has 1 heterocycles. The topological polar surface area (TPSA) is 50.2 Å². The van der Waals surface area contributed by atoms with Crippen LogP contribution in [-0.4, -0.2) is 15.7 Å². The molecular formula is C38H56N4. The lowest BCUT2D eigenvalue weighted by atomic mass is 9.87. The van der Waals surface area contributed by atoms with E-state index in [9.17, 15) is 0 Å². The molecule has 0 saturated carbocycles. The Morgan fingerprint density at radius 1 is 0.619 bits per heavy atom. The maximum absolute atomic E-state index is 5.23. The molecule has 4 nitrogen and oxygen atoms in total. The van der Waals surface area contributed by atoms with Crippen molar-refractivity contribution in [1.29, 1.82) is 0 Å². The summed E-state index contributed by atoms with van der Waals surface area (Å²) >= 11 is 0. The van der Waals surface area contributed by atoms with Gasteiger partial charge in [0.15, 0.2) is 5.82 Å². The van der Waals surface area contributed by atoms with Gasteiger partial charge in [-0.2, -0.15) is 0 Å². The number of nitrogens with one attached hydrogen (secondary N) is 1. The van der Waals surface area contributed by atoms with E-state index in [2.05, 4.69) is 125 Å². The summed E-state index contributed by atoms with van der Waals surface area (Å²) in [5, 5.41) is 3.87. The van der Waals surface area contributed by atoms with Crippen molar-refractivity contribution in [2.75, 3.05) is 5.32 Å². The number of aliphatic imine (C=N–C) groups is 1. The second-order valence-corrected chi connectivity index (χ2v) is 13.9. The van der Waals surface area contributed by atoms with Gasteiger partial charge in [-0.05, 0) is 88.8 Å². The van der Waals surface area contributed by atoms with Crippen LogP contribution in [0.25, 0.3) is 0 Å². The van der Waals surface area contributed by atoms with Gasteiger partial charge in [-0.15, -0.1) is 0 Å². The molecule has 4 heteroatoms. The summed E-state index contributed by atoms with van der Waals surface area (Å²) in [6, 6.07) is 11.5. The van der Waals surface area contributed by atoms with Gasteiger partial charge < -0.3 is 5.32 Å². The van der Waals surface area contributed by atoms with Crippen molar-refractivity contribution in [2.24, 2.45) is 4.99 Å². The van der Waals surface area contributed by atoms with Gasteiger partial charge in [0, 0.05) is 11.9 Å². The van der Waals surface area contributed by atoms with E-state index in [-0.39, 0.29) is 6.04 Å². The van der Waals surface area contributed by atoms with Gasteiger partial charge in [0.2, 0.25) is 0 Å². The normalized spacial score (nSPS) is 13.4. The van der Waals surface area contributed by atoms with Crippen LogP contribution in [0.4, 0.5) is 11.4 Å². The van der Waals surface area contributed by atoms with Crippen LogP contribution in [0.15, 0.2) is 41.5 Å². The Hall–Kier alpha value is -3.01. The van der Waals surface area contributed by atoms with Crippen LogP contribution in [0.3, 0.4) is 0 Å². The summed E-state index contributed by atoms with van der Waals surface area (Å²) in [5.41, 5.74) is 12.2. The van der Waals surface area contributed by atoms with Gasteiger partial charge in [0.25, 0.3) is 0 Å². The first-order valence-corrected chi connectivity index (χ1v) is 16.1. The third-order valence-electron chi connectivity index (χ3n) is 8.32. The molecule has 0 bridgehead atoms. The van der Waals surface area contributed by atoms with E-state index in [0.717, 1.165) is 17.1 Å². The first-order chi connectivity index (χ1) is 19.6. The summed E-state index contributed by atoms with van der Waals surface area (Å²) in [6.45, 7) is 31.5. The quantitative estimate of drug-likeness (QED) is 0.234. The fourth-order valence-corrected chi connectivity index (χ4v) is 5.47. The standard InChI is InChI=1S/C38H56N4/c1-21(2)29-17-31(23(5)6)36(32(18-29)24(7)8)40-27(13)35-15-16-39-38(42-35)28(14)41-37-33(25(9)10)19-30(22(3)4)20-34(37)26(11)12/h15-27,40H,1-14H3. The molecule has 1 aromatic heterocycles. The fraction of sp³-hybridized carbons (Fsp3) is 0.553. The monoisotopic (exact) mass is 568 g/mol. The van der Waals surface area contributed by atoms with Crippen molar-refractivity contribution in [3.63, 3.8) is 0 Å². The van der Waals surface area contributed by atoms with Crippen molar-refractivity contribution in [3.05, 3.63) is 81.4 Å². The van der Waals surface area contributed by atoms with E-state index < -0.39 is 0 Å². The van der Waals surface area contributed by atoms with E-state index in [0.29, 0.717) is 41.3 Å². The summed E-state index contributed by atoms with van der Waals surface area (Å²) in [5.74, 6) is 3.22. The number of rotatable bonds is 11. The van der Waals surface area contributed by atoms with E-state index in [1.165, 1.54) is 39.1 Å². The molecule has 228 valence electrons. The summed E-state index contributed by atoms with van der Waals surface area (Å²) in [6.07, 6.45) is 1.87. The van der Waals surface area contributed by atoms with Crippen LogP contribution in [0.2, 0.25) is 0 Å². The molecule has 1 unspecified atom stereocenters. The number of anilines is 1. The summed E-state index contributed by atoms with van der Waals surface area (Å²) in [4.78, 5) is 15.0. The second kappa shape index (κ2) is 14.0. The first kappa shape index (κ1) is 33.5. The predicted octanol–water partition coefficient (Wildman–Crippen LogP) is 11.5. The van der Waals surface area contributed by atoms with Crippen molar-refractivity contribution in [3.8, 4) is 0 Å². The molecule has 0 saturated heterocycles. The average Bonchev–Trinajstić information content (AvgIpc) is 2.92. The minimum atomic E-state index is 0.0159. The lowest BCUT2D eigenvalue weighted by Crippen LogP contribution is -2.15. The Balaban J connectivity index is 2.06. The molecule has 3 rings (SSSR count). The summed E-state index contributed by atoms with van der Waals surface area (Å²) < 4.78 is 0. The Labute approximate surface area is 256 Å². The fourth-order valence-electron chi connectivity index (χ4n) is 5.47. The average molecular weight is 569 g/mol. The molecule has 1 atom stereocenters. The molecular weight excluding hydrogens is 512 g/mol. The Kier molecular flexibility index (Phi) is 11.1.